The summed E-state index contributed by atoms with van der Waals surface area (Å²) in [7, 11) is 0. The third-order valence-corrected chi connectivity index (χ3v) is 5.51. The molecule has 7 nitrogen and oxygen atoms in total. The highest BCUT2D eigenvalue weighted by Gasteiger charge is 2.18. The lowest BCUT2D eigenvalue weighted by molar-refractivity contribution is -0.143. The number of carbonyl (C=O) groups excluding carboxylic acids is 2. The van der Waals surface area contributed by atoms with Crippen molar-refractivity contribution in [2.75, 3.05) is 13.2 Å². The normalized spacial score (nSPS) is 11.0. The average molecular weight is 459 g/mol. The number of carbonyl (C=O) groups is 2. The van der Waals surface area contributed by atoms with Gasteiger partial charge in [-0.15, -0.1) is 0 Å². The molecule has 1 heterocycles. The second-order valence-electron chi connectivity index (χ2n) is 7.93. The van der Waals surface area contributed by atoms with Crippen molar-refractivity contribution in [2.24, 2.45) is 0 Å². The molecule has 0 atom stereocenters. The maximum absolute atomic E-state index is 13.3. The van der Waals surface area contributed by atoms with Crippen LogP contribution in [0.4, 0.5) is 0 Å². The predicted molar refractivity (Wildman–Crippen MR) is 130 cm³/mol. The summed E-state index contributed by atoms with van der Waals surface area (Å²) in [6, 6.07) is 18.8. The molecule has 4 aromatic rings. The minimum absolute atomic E-state index is 0.252. The Morgan fingerprint density at radius 2 is 1.71 bits per heavy atom. The van der Waals surface area contributed by atoms with Crippen molar-refractivity contribution in [3.8, 4) is 5.75 Å². The first kappa shape index (κ1) is 23.2. The molecule has 0 N–H and O–H groups in total. The summed E-state index contributed by atoms with van der Waals surface area (Å²) < 4.78 is 12.1. The summed E-state index contributed by atoms with van der Waals surface area (Å²) in [6.45, 7) is 3.76. The van der Waals surface area contributed by atoms with Crippen molar-refractivity contribution in [1.82, 2.24) is 9.55 Å². The van der Waals surface area contributed by atoms with Crippen LogP contribution in [-0.4, -0.2) is 34.6 Å². The fourth-order valence-corrected chi connectivity index (χ4v) is 3.99. The Hall–Kier alpha value is -4.00. The van der Waals surface area contributed by atoms with E-state index in [1.807, 2.05) is 54.6 Å². The van der Waals surface area contributed by atoms with Crippen LogP contribution in [0.15, 0.2) is 65.5 Å². The number of aromatic nitrogens is 2. The monoisotopic (exact) mass is 458 g/mol. The number of hydrogen-bond acceptors (Lipinski definition) is 6. The Morgan fingerprint density at radius 1 is 1.00 bits per heavy atom. The quantitative estimate of drug-likeness (QED) is 0.219. The third-order valence-electron chi connectivity index (χ3n) is 5.51. The van der Waals surface area contributed by atoms with E-state index in [4.69, 9.17) is 14.5 Å². The Balaban J connectivity index is 1.79. The van der Waals surface area contributed by atoms with E-state index in [0.29, 0.717) is 41.9 Å². The van der Waals surface area contributed by atoms with E-state index >= 15 is 0 Å². The first-order valence-electron chi connectivity index (χ1n) is 11.3. The first-order valence-corrected chi connectivity index (χ1v) is 11.3. The molecule has 0 spiro atoms. The van der Waals surface area contributed by atoms with E-state index in [1.54, 1.807) is 13.0 Å². The van der Waals surface area contributed by atoms with Crippen molar-refractivity contribution in [3.63, 3.8) is 0 Å². The van der Waals surface area contributed by atoms with E-state index in [1.165, 1.54) is 11.5 Å². The van der Waals surface area contributed by atoms with Gasteiger partial charge in [-0.25, -0.2) is 9.55 Å². The summed E-state index contributed by atoms with van der Waals surface area (Å²) in [6.07, 6.45) is 1.06. The Bertz CT molecular complexity index is 1410. The number of fused-ring (bicyclic) bond motifs is 3. The molecule has 0 radical (unpaired) electrons. The van der Waals surface area contributed by atoms with Crippen LogP contribution < -0.4 is 10.3 Å². The average Bonchev–Trinajstić information content (AvgIpc) is 2.83. The number of rotatable bonds is 8. The molecule has 0 aliphatic carbocycles. The largest absolute Gasteiger partial charge is 0.493 e. The molecule has 0 saturated heterocycles. The minimum Gasteiger partial charge on any atom is -0.493 e. The molecular formula is C27H26N2O5. The van der Waals surface area contributed by atoms with Crippen LogP contribution >= 0.6 is 0 Å². The van der Waals surface area contributed by atoms with Gasteiger partial charge in [-0.3, -0.25) is 14.4 Å². The smallest absolute Gasteiger partial charge is 0.305 e. The minimum atomic E-state index is -0.438. The SMILES string of the molecule is CCOC(=O)CCCOc1cc2c(nc(Cc3ccccc3)c(=O)n2C(C)=O)c2ccccc12. The van der Waals surface area contributed by atoms with E-state index in [0.717, 1.165) is 16.3 Å². The van der Waals surface area contributed by atoms with Crippen LogP contribution in [0, 0.1) is 0 Å². The van der Waals surface area contributed by atoms with E-state index in [2.05, 4.69) is 0 Å². The lowest BCUT2D eigenvalue weighted by atomic mass is 10.1. The molecule has 0 aliphatic heterocycles. The van der Waals surface area contributed by atoms with Crippen molar-refractivity contribution >= 4 is 33.7 Å². The molecule has 4 rings (SSSR count). The molecular weight excluding hydrogens is 432 g/mol. The predicted octanol–water partition coefficient (Wildman–Crippen LogP) is 4.52. The van der Waals surface area contributed by atoms with E-state index in [9.17, 15) is 14.4 Å². The lowest BCUT2D eigenvalue weighted by Gasteiger charge is -2.15. The zero-order chi connectivity index (χ0) is 24.1. The molecule has 0 saturated carbocycles. The van der Waals surface area contributed by atoms with Crippen LogP contribution in [0.3, 0.4) is 0 Å². The van der Waals surface area contributed by atoms with Crippen LogP contribution in [0.2, 0.25) is 0 Å². The highest BCUT2D eigenvalue weighted by molar-refractivity contribution is 6.08. The standard InChI is InChI=1S/C27H26N2O5/c1-3-33-25(31)14-9-15-34-24-17-23-26(21-13-8-7-12-20(21)24)28-22(27(32)29(23)18(2)30)16-19-10-5-4-6-11-19/h4-8,10-13,17H,3,9,14-16H2,1-2H3. The van der Waals surface area contributed by atoms with E-state index in [-0.39, 0.29) is 19.0 Å². The fraction of sp³-hybridized carbons (Fsp3) is 0.259. The van der Waals surface area contributed by atoms with Crippen LogP contribution in [0.25, 0.3) is 21.8 Å². The van der Waals surface area contributed by atoms with Gasteiger partial charge in [-0.2, -0.15) is 0 Å². The molecule has 34 heavy (non-hydrogen) atoms. The second kappa shape index (κ2) is 10.3. The molecule has 7 heteroatoms. The van der Waals surface area contributed by atoms with Crippen LogP contribution in [-0.2, 0) is 16.0 Å². The van der Waals surface area contributed by atoms with Gasteiger partial charge in [0.15, 0.2) is 0 Å². The van der Waals surface area contributed by atoms with Gasteiger partial charge < -0.3 is 9.47 Å². The molecule has 1 aromatic heterocycles. The maximum Gasteiger partial charge on any atom is 0.305 e. The highest BCUT2D eigenvalue weighted by atomic mass is 16.5. The van der Waals surface area contributed by atoms with Gasteiger partial charge in [0.1, 0.15) is 11.4 Å². The van der Waals surface area contributed by atoms with Crippen LogP contribution in [0.5, 0.6) is 5.75 Å². The Kier molecular flexibility index (Phi) is 7.01. The highest BCUT2D eigenvalue weighted by Crippen LogP contribution is 2.32. The van der Waals surface area contributed by atoms with Gasteiger partial charge in [0.05, 0.1) is 24.2 Å². The second-order valence-corrected chi connectivity index (χ2v) is 7.93. The number of hydrogen-bond donors (Lipinski definition) is 0. The molecule has 0 unspecified atom stereocenters. The molecule has 0 bridgehead atoms. The summed E-state index contributed by atoms with van der Waals surface area (Å²) >= 11 is 0. The third kappa shape index (κ3) is 4.83. The van der Waals surface area contributed by atoms with Gasteiger partial charge >= 0.3 is 5.97 Å². The number of nitrogens with zero attached hydrogens (tertiary/aromatic N) is 2. The van der Waals surface area contributed by atoms with E-state index < -0.39 is 11.5 Å². The molecule has 0 aliphatic rings. The van der Waals surface area contributed by atoms with Gasteiger partial charge in [-0.05, 0) is 18.9 Å². The zero-order valence-corrected chi connectivity index (χ0v) is 19.2. The zero-order valence-electron chi connectivity index (χ0n) is 19.2. The number of esters is 1. The van der Waals surface area contributed by atoms with Crippen molar-refractivity contribution in [3.05, 3.63) is 82.3 Å². The number of ether oxygens (including phenoxy) is 2. The Labute approximate surface area is 196 Å². The molecule has 3 aromatic carbocycles. The van der Waals surface area contributed by atoms with Gasteiger partial charge in [0.25, 0.3) is 5.56 Å². The molecule has 174 valence electrons. The van der Waals surface area contributed by atoms with Gasteiger partial charge in [-0.1, -0.05) is 54.6 Å². The topological polar surface area (TPSA) is 87.5 Å². The van der Waals surface area contributed by atoms with Crippen molar-refractivity contribution < 1.29 is 19.1 Å². The summed E-state index contributed by atoms with van der Waals surface area (Å²) in [5, 5.41) is 1.60. The van der Waals surface area contributed by atoms with Crippen molar-refractivity contribution in [1.29, 1.82) is 0 Å². The van der Waals surface area contributed by atoms with Crippen molar-refractivity contribution in [2.45, 2.75) is 33.1 Å². The molecule has 0 fully saturated rings. The Morgan fingerprint density at radius 3 is 2.41 bits per heavy atom. The molecule has 0 amide bonds. The van der Waals surface area contributed by atoms with Crippen LogP contribution in [0.1, 0.15) is 42.7 Å². The summed E-state index contributed by atoms with van der Waals surface area (Å²) in [4.78, 5) is 42.2. The van der Waals surface area contributed by atoms with Gasteiger partial charge in [0, 0.05) is 36.6 Å². The lowest BCUT2D eigenvalue weighted by Crippen LogP contribution is -2.29. The fourth-order valence-electron chi connectivity index (χ4n) is 3.99. The van der Waals surface area contributed by atoms with Gasteiger partial charge in [0.2, 0.25) is 5.91 Å². The summed E-state index contributed by atoms with van der Waals surface area (Å²) in [5.41, 5.74) is 1.77. The number of benzene rings is 3. The first-order chi connectivity index (χ1) is 16.5. The maximum atomic E-state index is 13.3. The summed E-state index contributed by atoms with van der Waals surface area (Å²) in [5.74, 6) is -0.135.